The quantitative estimate of drug-likeness (QED) is 0.885. The molecule has 0 aromatic heterocycles. The van der Waals surface area contributed by atoms with Gasteiger partial charge < -0.3 is 10.0 Å². The summed E-state index contributed by atoms with van der Waals surface area (Å²) in [5.74, 6) is -1.40. The summed E-state index contributed by atoms with van der Waals surface area (Å²) in [7, 11) is 1.56. The zero-order chi connectivity index (χ0) is 15.9. The van der Waals surface area contributed by atoms with Crippen LogP contribution < -0.4 is 4.90 Å². The third-order valence-electron chi connectivity index (χ3n) is 3.95. The van der Waals surface area contributed by atoms with E-state index in [2.05, 4.69) is 0 Å². The van der Waals surface area contributed by atoms with Crippen molar-refractivity contribution >= 4 is 17.4 Å². The second-order valence-electron chi connectivity index (χ2n) is 5.35. The Labute approximate surface area is 126 Å². The van der Waals surface area contributed by atoms with Gasteiger partial charge in [0, 0.05) is 18.2 Å². The van der Waals surface area contributed by atoms with Gasteiger partial charge in [0.05, 0.1) is 12.1 Å². The fraction of sp³-hybridized carbons (Fsp3) is 0.176. The molecule has 112 valence electrons. The second-order valence-corrected chi connectivity index (χ2v) is 5.35. The molecule has 1 aliphatic rings. The number of hydrogen-bond acceptors (Lipinski definition) is 3. The van der Waals surface area contributed by atoms with Gasteiger partial charge in [-0.15, -0.1) is 0 Å². The minimum Gasteiger partial charge on any atom is -0.375 e. The number of amides is 1. The monoisotopic (exact) mass is 299 g/mol. The lowest BCUT2D eigenvalue weighted by atomic mass is 9.88. The number of nitrogens with zero attached hydrogens (tertiary/aromatic N) is 1. The number of rotatable bonds is 3. The number of anilines is 1. The minimum absolute atomic E-state index is 0.259. The summed E-state index contributed by atoms with van der Waals surface area (Å²) in [4.78, 5) is 26.0. The van der Waals surface area contributed by atoms with Crippen LogP contribution in [0, 0.1) is 5.82 Å². The number of ketones is 1. The van der Waals surface area contributed by atoms with Crippen molar-refractivity contribution in [2.75, 3.05) is 11.9 Å². The van der Waals surface area contributed by atoms with Gasteiger partial charge in [-0.2, -0.15) is 0 Å². The third kappa shape index (κ3) is 2.10. The van der Waals surface area contributed by atoms with Crippen molar-refractivity contribution in [2.24, 2.45) is 0 Å². The number of halogens is 1. The van der Waals surface area contributed by atoms with Crippen LogP contribution in [0.4, 0.5) is 10.1 Å². The van der Waals surface area contributed by atoms with Crippen molar-refractivity contribution < 1.29 is 19.1 Å². The van der Waals surface area contributed by atoms with E-state index in [1.54, 1.807) is 31.3 Å². The number of aliphatic hydroxyl groups is 1. The van der Waals surface area contributed by atoms with Crippen molar-refractivity contribution in [1.82, 2.24) is 0 Å². The van der Waals surface area contributed by atoms with Crippen LogP contribution >= 0.6 is 0 Å². The van der Waals surface area contributed by atoms with Crippen molar-refractivity contribution in [3.05, 3.63) is 65.5 Å². The number of fused-ring (bicyclic) bond motifs is 1. The first kappa shape index (κ1) is 14.4. The van der Waals surface area contributed by atoms with Gasteiger partial charge in [0.25, 0.3) is 5.91 Å². The summed E-state index contributed by atoms with van der Waals surface area (Å²) in [6.45, 7) is 0. The molecule has 0 aliphatic carbocycles. The van der Waals surface area contributed by atoms with E-state index < -0.39 is 23.1 Å². The van der Waals surface area contributed by atoms with E-state index in [1.807, 2.05) is 0 Å². The highest BCUT2D eigenvalue weighted by Crippen LogP contribution is 2.41. The average molecular weight is 299 g/mol. The molecule has 1 amide bonds. The van der Waals surface area contributed by atoms with E-state index in [9.17, 15) is 19.1 Å². The Kier molecular flexibility index (Phi) is 3.30. The topological polar surface area (TPSA) is 57.6 Å². The highest BCUT2D eigenvalue weighted by atomic mass is 19.1. The number of Topliss-reactive ketones (excluding diaryl/α,β-unsaturated/α-hetero) is 1. The number of para-hydroxylation sites is 1. The van der Waals surface area contributed by atoms with Gasteiger partial charge in [0.15, 0.2) is 11.4 Å². The highest BCUT2D eigenvalue weighted by molar-refractivity contribution is 6.10. The Hall–Kier alpha value is -2.53. The van der Waals surface area contributed by atoms with Gasteiger partial charge in [0.1, 0.15) is 5.82 Å². The lowest BCUT2D eigenvalue weighted by Gasteiger charge is -2.21. The first-order valence-corrected chi connectivity index (χ1v) is 6.82. The van der Waals surface area contributed by atoms with Gasteiger partial charge in [0.2, 0.25) is 0 Å². The minimum atomic E-state index is -1.88. The molecular weight excluding hydrogens is 285 g/mol. The summed E-state index contributed by atoms with van der Waals surface area (Å²) in [6, 6.07) is 11.9. The summed E-state index contributed by atoms with van der Waals surface area (Å²) >= 11 is 0. The highest BCUT2D eigenvalue weighted by Gasteiger charge is 2.49. The van der Waals surface area contributed by atoms with Gasteiger partial charge >= 0.3 is 0 Å². The zero-order valence-corrected chi connectivity index (χ0v) is 11.9. The normalized spacial score (nSPS) is 20.1. The lowest BCUT2D eigenvalue weighted by molar-refractivity contribution is -0.135. The fourth-order valence-corrected chi connectivity index (χ4v) is 2.76. The molecule has 0 unspecified atom stereocenters. The van der Waals surface area contributed by atoms with E-state index in [-0.39, 0.29) is 12.0 Å². The molecule has 2 aromatic rings. The predicted molar refractivity (Wildman–Crippen MR) is 79.1 cm³/mol. The van der Waals surface area contributed by atoms with Crippen molar-refractivity contribution in [3.63, 3.8) is 0 Å². The van der Waals surface area contributed by atoms with Crippen molar-refractivity contribution in [1.29, 1.82) is 0 Å². The number of carbonyl (C=O) groups excluding carboxylic acids is 2. The zero-order valence-electron chi connectivity index (χ0n) is 11.9. The molecule has 0 spiro atoms. The number of benzene rings is 2. The van der Waals surface area contributed by atoms with Crippen LogP contribution in [0.25, 0.3) is 0 Å². The Morgan fingerprint density at radius 3 is 2.50 bits per heavy atom. The molecule has 4 nitrogen and oxygen atoms in total. The molecule has 1 N–H and O–H groups in total. The Bertz CT molecular complexity index is 757. The van der Waals surface area contributed by atoms with E-state index >= 15 is 0 Å². The maximum Gasteiger partial charge on any atom is 0.263 e. The van der Waals surface area contributed by atoms with Gasteiger partial charge in [-0.25, -0.2) is 4.39 Å². The van der Waals surface area contributed by atoms with Crippen LogP contribution in [0.2, 0.25) is 0 Å². The second kappa shape index (κ2) is 5.03. The molecule has 0 saturated heterocycles. The molecule has 0 saturated carbocycles. The molecule has 5 heteroatoms. The van der Waals surface area contributed by atoms with Crippen LogP contribution in [-0.2, 0) is 10.4 Å². The molecule has 0 radical (unpaired) electrons. The molecule has 2 aromatic carbocycles. The molecule has 1 heterocycles. The van der Waals surface area contributed by atoms with E-state index in [1.165, 1.54) is 29.2 Å². The van der Waals surface area contributed by atoms with Gasteiger partial charge in [-0.3, -0.25) is 9.59 Å². The molecule has 1 atom stereocenters. The summed E-state index contributed by atoms with van der Waals surface area (Å²) < 4.78 is 12.9. The van der Waals surface area contributed by atoms with E-state index in [0.717, 1.165) is 0 Å². The van der Waals surface area contributed by atoms with Crippen LogP contribution in [0.15, 0.2) is 48.5 Å². The van der Waals surface area contributed by atoms with E-state index in [4.69, 9.17) is 0 Å². The molecule has 3 rings (SSSR count). The average Bonchev–Trinajstić information content (AvgIpc) is 2.70. The standard InChI is InChI=1S/C17H14FNO3/c1-19-14-5-3-2-4-13(14)17(22,16(19)21)10-15(20)11-6-8-12(18)9-7-11/h2-9,22H,10H2,1H3/t17-/m1/s1. The van der Waals surface area contributed by atoms with E-state index in [0.29, 0.717) is 11.3 Å². The summed E-state index contributed by atoms with van der Waals surface area (Å²) in [5.41, 5.74) is -0.619. The smallest absolute Gasteiger partial charge is 0.263 e. The molecule has 0 bridgehead atoms. The van der Waals surface area contributed by atoms with Crippen LogP contribution in [-0.4, -0.2) is 23.8 Å². The number of likely N-dealkylation sites (N-methyl/N-ethyl adjacent to an activating group) is 1. The maximum absolute atomic E-state index is 12.9. The summed E-state index contributed by atoms with van der Waals surface area (Å²) in [5, 5.41) is 10.8. The molecular formula is C17H14FNO3. The van der Waals surface area contributed by atoms with Crippen LogP contribution in [0.5, 0.6) is 0 Å². The SMILES string of the molecule is CN1C(=O)[C@@](O)(CC(=O)c2ccc(F)cc2)c2ccccc21. The third-order valence-corrected chi connectivity index (χ3v) is 3.95. The number of hydrogen-bond donors (Lipinski definition) is 1. The maximum atomic E-state index is 12.9. The summed E-state index contributed by atoms with van der Waals surface area (Å²) in [6.07, 6.45) is -0.376. The Morgan fingerprint density at radius 2 is 1.82 bits per heavy atom. The molecule has 1 aliphatic heterocycles. The van der Waals surface area contributed by atoms with Crippen molar-refractivity contribution in [3.8, 4) is 0 Å². The largest absolute Gasteiger partial charge is 0.375 e. The van der Waals surface area contributed by atoms with Crippen LogP contribution in [0.1, 0.15) is 22.3 Å². The molecule has 22 heavy (non-hydrogen) atoms. The molecule has 0 fully saturated rings. The van der Waals surface area contributed by atoms with Crippen molar-refractivity contribution in [2.45, 2.75) is 12.0 Å². The Balaban J connectivity index is 1.95. The Morgan fingerprint density at radius 1 is 1.18 bits per heavy atom. The first-order valence-electron chi connectivity index (χ1n) is 6.82. The van der Waals surface area contributed by atoms with Crippen LogP contribution in [0.3, 0.4) is 0 Å². The van der Waals surface area contributed by atoms with Gasteiger partial charge in [-0.1, -0.05) is 18.2 Å². The van der Waals surface area contributed by atoms with Gasteiger partial charge in [-0.05, 0) is 30.3 Å². The number of carbonyl (C=O) groups is 2. The lowest BCUT2D eigenvalue weighted by Crippen LogP contribution is -2.40. The predicted octanol–water partition coefficient (Wildman–Crippen LogP) is 2.26. The fourth-order valence-electron chi connectivity index (χ4n) is 2.76. The first-order chi connectivity index (χ1) is 10.4.